The maximum Gasteiger partial charge on any atom is 0.128 e. The lowest BCUT2D eigenvalue weighted by atomic mass is 10.2. The zero-order valence-corrected chi connectivity index (χ0v) is 9.77. The molecule has 2 nitrogen and oxygen atoms in total. The Balaban J connectivity index is 2.40. The van der Waals surface area contributed by atoms with E-state index in [1.54, 1.807) is 17.5 Å². The van der Waals surface area contributed by atoms with Crippen molar-refractivity contribution in [3.05, 3.63) is 45.9 Å². The molecule has 77 valence electrons. The zero-order valence-electron chi connectivity index (χ0n) is 7.45. The van der Waals surface area contributed by atoms with Crippen LogP contribution in [0.1, 0.15) is 5.69 Å². The third kappa shape index (κ3) is 2.32. The number of aliphatic hydroxyl groups excluding tert-OH is 1. The normalized spacial score (nSPS) is 10.6. The number of benzene rings is 1. The van der Waals surface area contributed by atoms with Gasteiger partial charge in [-0.1, -0.05) is 29.3 Å². The average Bonchev–Trinajstić information content (AvgIpc) is 2.70. The fourth-order valence-electron chi connectivity index (χ4n) is 1.11. The van der Waals surface area contributed by atoms with Gasteiger partial charge in [0.15, 0.2) is 0 Å². The molecule has 15 heavy (non-hydrogen) atoms. The van der Waals surface area contributed by atoms with E-state index in [0.29, 0.717) is 15.7 Å². The Morgan fingerprint density at radius 1 is 1.27 bits per heavy atom. The predicted molar refractivity (Wildman–Crippen MR) is 62.9 cm³/mol. The minimum absolute atomic E-state index is 0.499. The minimum Gasteiger partial charge on any atom is -0.384 e. The van der Waals surface area contributed by atoms with Crippen LogP contribution in [0.4, 0.5) is 0 Å². The summed E-state index contributed by atoms with van der Waals surface area (Å²) in [7, 11) is 0. The SMILES string of the molecule is O[CH]c1csc(-c2ccc(Cl)c(Cl)c2)n1. The number of rotatable bonds is 2. The van der Waals surface area contributed by atoms with E-state index in [0.717, 1.165) is 17.2 Å². The Morgan fingerprint density at radius 2 is 2.07 bits per heavy atom. The van der Waals surface area contributed by atoms with Crippen molar-refractivity contribution in [3.63, 3.8) is 0 Å². The van der Waals surface area contributed by atoms with E-state index in [4.69, 9.17) is 28.3 Å². The van der Waals surface area contributed by atoms with E-state index in [2.05, 4.69) is 4.98 Å². The van der Waals surface area contributed by atoms with Gasteiger partial charge in [0, 0.05) is 10.9 Å². The molecule has 0 aliphatic rings. The van der Waals surface area contributed by atoms with Crippen molar-refractivity contribution in [1.82, 2.24) is 4.98 Å². The second kappa shape index (κ2) is 4.49. The van der Waals surface area contributed by atoms with Crippen LogP contribution in [0, 0.1) is 6.61 Å². The van der Waals surface area contributed by atoms with E-state index in [9.17, 15) is 0 Å². The number of aromatic nitrogens is 1. The summed E-state index contributed by atoms with van der Waals surface area (Å²) in [5.74, 6) is 0. The van der Waals surface area contributed by atoms with Crippen molar-refractivity contribution in [3.8, 4) is 10.6 Å². The van der Waals surface area contributed by atoms with E-state index >= 15 is 0 Å². The fraction of sp³-hybridized carbons (Fsp3) is 0. The molecule has 0 saturated heterocycles. The highest BCUT2D eigenvalue weighted by molar-refractivity contribution is 7.13. The molecule has 0 spiro atoms. The van der Waals surface area contributed by atoms with Gasteiger partial charge in [0.25, 0.3) is 0 Å². The first-order valence-electron chi connectivity index (χ1n) is 4.09. The molecule has 0 saturated carbocycles. The molecule has 0 amide bonds. The maximum atomic E-state index is 8.77. The number of thiazole rings is 1. The van der Waals surface area contributed by atoms with Crippen LogP contribution in [0.15, 0.2) is 23.6 Å². The first-order valence-corrected chi connectivity index (χ1v) is 5.72. The van der Waals surface area contributed by atoms with E-state index < -0.39 is 0 Å². The van der Waals surface area contributed by atoms with Crippen molar-refractivity contribution in [1.29, 1.82) is 0 Å². The third-order valence-corrected chi connectivity index (χ3v) is 3.47. The number of halogens is 2. The van der Waals surface area contributed by atoms with Crippen LogP contribution in [-0.2, 0) is 0 Å². The highest BCUT2D eigenvalue weighted by atomic mass is 35.5. The van der Waals surface area contributed by atoms with E-state index in [1.807, 2.05) is 6.07 Å². The Morgan fingerprint density at radius 3 is 2.67 bits per heavy atom. The molecular weight excluding hydrogens is 253 g/mol. The molecule has 1 N–H and O–H groups in total. The van der Waals surface area contributed by atoms with Crippen LogP contribution in [-0.4, -0.2) is 10.1 Å². The fourth-order valence-corrected chi connectivity index (χ4v) is 2.17. The first-order chi connectivity index (χ1) is 7.20. The second-order valence-corrected chi connectivity index (χ2v) is 4.51. The van der Waals surface area contributed by atoms with E-state index in [1.165, 1.54) is 11.3 Å². The Kier molecular flexibility index (Phi) is 3.26. The molecule has 2 rings (SSSR count). The number of aliphatic hydroxyl groups is 1. The molecule has 1 aromatic heterocycles. The summed E-state index contributed by atoms with van der Waals surface area (Å²) in [6.07, 6.45) is 0. The number of hydrogen-bond acceptors (Lipinski definition) is 3. The van der Waals surface area contributed by atoms with Gasteiger partial charge in [0.05, 0.1) is 15.7 Å². The van der Waals surface area contributed by atoms with Gasteiger partial charge in [-0.05, 0) is 12.1 Å². The van der Waals surface area contributed by atoms with Crippen molar-refractivity contribution in [2.45, 2.75) is 0 Å². The van der Waals surface area contributed by atoms with Crippen molar-refractivity contribution in [2.24, 2.45) is 0 Å². The van der Waals surface area contributed by atoms with Crippen LogP contribution in [0.25, 0.3) is 10.6 Å². The number of nitrogens with zero attached hydrogens (tertiary/aromatic N) is 1. The topological polar surface area (TPSA) is 33.1 Å². The van der Waals surface area contributed by atoms with Crippen molar-refractivity contribution < 1.29 is 5.11 Å². The smallest absolute Gasteiger partial charge is 0.128 e. The van der Waals surface area contributed by atoms with Gasteiger partial charge < -0.3 is 5.11 Å². The van der Waals surface area contributed by atoms with Gasteiger partial charge in [-0.15, -0.1) is 11.3 Å². The monoisotopic (exact) mass is 258 g/mol. The van der Waals surface area contributed by atoms with Crippen LogP contribution < -0.4 is 0 Å². The Labute approximate surface area is 101 Å². The summed E-state index contributed by atoms with van der Waals surface area (Å²) in [6.45, 7) is 0.970. The van der Waals surface area contributed by atoms with Crippen LogP contribution in [0.3, 0.4) is 0 Å². The minimum atomic E-state index is 0.499. The van der Waals surface area contributed by atoms with E-state index in [-0.39, 0.29) is 0 Å². The number of hydrogen-bond donors (Lipinski definition) is 1. The Hall–Kier alpha value is -0.610. The van der Waals surface area contributed by atoms with Crippen molar-refractivity contribution in [2.75, 3.05) is 0 Å². The summed E-state index contributed by atoms with van der Waals surface area (Å²) in [5.41, 5.74) is 1.43. The summed E-state index contributed by atoms with van der Waals surface area (Å²) in [5, 5.41) is 12.3. The molecule has 0 fully saturated rings. The summed E-state index contributed by atoms with van der Waals surface area (Å²) >= 11 is 13.1. The zero-order chi connectivity index (χ0) is 10.8. The lowest BCUT2D eigenvalue weighted by Gasteiger charge is -1.98. The largest absolute Gasteiger partial charge is 0.384 e. The molecule has 2 aromatic rings. The maximum absolute atomic E-state index is 8.77. The molecule has 0 bridgehead atoms. The second-order valence-electron chi connectivity index (χ2n) is 2.84. The molecule has 0 aliphatic carbocycles. The van der Waals surface area contributed by atoms with Crippen LogP contribution in [0.2, 0.25) is 10.0 Å². The molecule has 0 atom stereocenters. The van der Waals surface area contributed by atoms with Gasteiger partial charge >= 0.3 is 0 Å². The van der Waals surface area contributed by atoms with Gasteiger partial charge in [-0.25, -0.2) is 4.98 Å². The highest BCUT2D eigenvalue weighted by Gasteiger charge is 2.06. The predicted octanol–water partition coefficient (Wildman–Crippen LogP) is 4.00. The molecule has 1 radical (unpaired) electrons. The quantitative estimate of drug-likeness (QED) is 0.884. The average molecular weight is 259 g/mol. The van der Waals surface area contributed by atoms with Gasteiger partial charge in [0.1, 0.15) is 11.6 Å². The third-order valence-electron chi connectivity index (χ3n) is 1.82. The van der Waals surface area contributed by atoms with Crippen LogP contribution in [0.5, 0.6) is 0 Å². The summed E-state index contributed by atoms with van der Waals surface area (Å²) in [6, 6.07) is 5.32. The van der Waals surface area contributed by atoms with Gasteiger partial charge in [-0.2, -0.15) is 0 Å². The summed E-state index contributed by atoms with van der Waals surface area (Å²) < 4.78 is 0. The first kappa shape index (κ1) is 10.9. The standard InChI is InChI=1S/C10H6Cl2NOS/c11-8-2-1-6(3-9(8)12)10-13-7(4-14)5-15-10/h1-5,14H. The molecule has 0 aliphatic heterocycles. The summed E-state index contributed by atoms with van der Waals surface area (Å²) in [4.78, 5) is 4.18. The molecule has 0 unspecified atom stereocenters. The van der Waals surface area contributed by atoms with Gasteiger partial charge in [-0.3, -0.25) is 0 Å². The molecule has 5 heteroatoms. The lowest BCUT2D eigenvalue weighted by Crippen LogP contribution is -1.81. The molecule has 1 heterocycles. The van der Waals surface area contributed by atoms with Crippen molar-refractivity contribution >= 4 is 34.5 Å². The highest BCUT2D eigenvalue weighted by Crippen LogP contribution is 2.30. The molecular formula is C10H6Cl2NOS. The lowest BCUT2D eigenvalue weighted by molar-refractivity contribution is 0.411. The van der Waals surface area contributed by atoms with Gasteiger partial charge in [0.2, 0.25) is 0 Å². The Bertz CT molecular complexity index is 484. The molecule has 1 aromatic carbocycles. The van der Waals surface area contributed by atoms with Crippen LogP contribution >= 0.6 is 34.5 Å².